The van der Waals surface area contributed by atoms with Crippen LogP contribution in [0.1, 0.15) is 25.7 Å². The van der Waals surface area contributed by atoms with Crippen LogP contribution in [0.5, 0.6) is 0 Å². The second-order valence-corrected chi connectivity index (χ2v) is 6.15. The highest BCUT2D eigenvalue weighted by atomic mass is 35.7. The Balaban J connectivity index is 2.20. The van der Waals surface area contributed by atoms with Gasteiger partial charge >= 0.3 is 0 Å². The number of piperidine rings is 2. The van der Waals surface area contributed by atoms with Crippen molar-refractivity contribution in [1.82, 2.24) is 4.31 Å². The molecule has 3 rings (SSSR count). The molecule has 1 aliphatic carbocycles. The molecule has 3 fully saturated rings. The molecule has 12 heavy (non-hydrogen) atoms. The zero-order valence-corrected chi connectivity index (χ0v) is 8.31. The van der Waals surface area contributed by atoms with Crippen LogP contribution in [-0.4, -0.2) is 25.3 Å². The molecule has 0 radical (unpaired) electrons. The molecule has 0 unspecified atom stereocenters. The summed E-state index contributed by atoms with van der Waals surface area (Å²) in [5.41, 5.74) is 0. The zero-order chi connectivity index (χ0) is 8.77. The molecule has 3 aliphatic rings. The van der Waals surface area contributed by atoms with E-state index in [0.717, 1.165) is 12.8 Å². The number of rotatable bonds is 1. The first-order valence-corrected chi connectivity index (χ1v) is 6.55. The van der Waals surface area contributed by atoms with Crippen molar-refractivity contribution in [2.75, 3.05) is 6.54 Å². The molecule has 2 heterocycles. The predicted molar refractivity (Wildman–Crippen MR) is 47.2 cm³/mol. The van der Waals surface area contributed by atoms with Gasteiger partial charge in [0.2, 0.25) is 0 Å². The SMILES string of the molecule is O=S(=O)(Cl)N1CC2CCC1CC2. The van der Waals surface area contributed by atoms with Gasteiger partial charge in [0.25, 0.3) is 9.24 Å². The molecule has 2 aliphatic heterocycles. The van der Waals surface area contributed by atoms with E-state index in [1.807, 2.05) is 0 Å². The van der Waals surface area contributed by atoms with Gasteiger partial charge in [-0.25, -0.2) is 0 Å². The van der Waals surface area contributed by atoms with Crippen LogP contribution in [-0.2, 0) is 9.24 Å². The monoisotopic (exact) mass is 209 g/mol. The van der Waals surface area contributed by atoms with E-state index in [2.05, 4.69) is 0 Å². The standard InChI is InChI=1S/C7H12ClNO2S/c8-12(10,11)9-5-6-1-3-7(9)4-2-6/h6-7H,1-5H2. The van der Waals surface area contributed by atoms with Gasteiger partial charge in [0.15, 0.2) is 0 Å². The number of nitrogens with zero attached hydrogens (tertiary/aromatic N) is 1. The quantitative estimate of drug-likeness (QED) is 0.612. The average Bonchev–Trinajstić information content (AvgIpc) is 2.05. The van der Waals surface area contributed by atoms with Gasteiger partial charge in [0, 0.05) is 23.3 Å². The molecule has 0 aromatic carbocycles. The Hall–Kier alpha value is 0.200. The molecule has 3 nitrogen and oxygen atoms in total. The highest BCUT2D eigenvalue weighted by Crippen LogP contribution is 2.36. The second-order valence-electron chi connectivity index (χ2n) is 3.69. The maximum absolute atomic E-state index is 11.1. The summed E-state index contributed by atoms with van der Waals surface area (Å²) in [4.78, 5) is 0. The Morgan fingerprint density at radius 2 is 1.75 bits per heavy atom. The van der Waals surface area contributed by atoms with Crippen LogP contribution in [0.4, 0.5) is 0 Å². The maximum Gasteiger partial charge on any atom is 0.300 e. The predicted octanol–water partition coefficient (Wildman–Crippen LogP) is 1.34. The number of fused-ring (bicyclic) bond motifs is 3. The van der Waals surface area contributed by atoms with Crippen molar-refractivity contribution in [3.63, 3.8) is 0 Å². The lowest BCUT2D eigenvalue weighted by Gasteiger charge is -2.42. The van der Waals surface area contributed by atoms with E-state index >= 15 is 0 Å². The summed E-state index contributed by atoms with van der Waals surface area (Å²) in [6.45, 7) is 0.649. The van der Waals surface area contributed by atoms with Crippen molar-refractivity contribution in [2.45, 2.75) is 31.7 Å². The van der Waals surface area contributed by atoms with Crippen LogP contribution in [0.25, 0.3) is 0 Å². The Labute approximate surface area is 77.2 Å². The van der Waals surface area contributed by atoms with E-state index in [1.54, 1.807) is 0 Å². The van der Waals surface area contributed by atoms with Crippen LogP contribution in [0.2, 0.25) is 0 Å². The summed E-state index contributed by atoms with van der Waals surface area (Å²) >= 11 is 0. The van der Waals surface area contributed by atoms with Crippen LogP contribution in [0.15, 0.2) is 0 Å². The Morgan fingerprint density at radius 3 is 2.00 bits per heavy atom. The number of halogens is 1. The molecule has 0 amide bonds. The van der Waals surface area contributed by atoms with E-state index in [9.17, 15) is 8.42 Å². The molecule has 0 N–H and O–H groups in total. The molecule has 0 aromatic heterocycles. The van der Waals surface area contributed by atoms with E-state index in [4.69, 9.17) is 10.7 Å². The van der Waals surface area contributed by atoms with Crippen LogP contribution >= 0.6 is 10.7 Å². The molecule has 70 valence electrons. The minimum atomic E-state index is -3.45. The molecular weight excluding hydrogens is 198 g/mol. The Morgan fingerprint density at radius 1 is 1.17 bits per heavy atom. The fourth-order valence-corrected chi connectivity index (χ4v) is 3.75. The van der Waals surface area contributed by atoms with E-state index in [1.165, 1.54) is 17.1 Å². The highest BCUT2D eigenvalue weighted by molar-refractivity contribution is 8.11. The molecule has 5 heteroatoms. The number of hydrogen-bond acceptors (Lipinski definition) is 2. The summed E-state index contributed by atoms with van der Waals surface area (Å²) in [5, 5.41) is 0. The lowest BCUT2D eigenvalue weighted by molar-refractivity contribution is 0.123. The van der Waals surface area contributed by atoms with Crippen LogP contribution in [0.3, 0.4) is 0 Å². The minimum absolute atomic E-state index is 0.192. The first-order chi connectivity index (χ1) is 5.57. The normalized spacial score (nSPS) is 37.1. The van der Waals surface area contributed by atoms with Crippen LogP contribution in [0, 0.1) is 5.92 Å². The third-order valence-corrected chi connectivity index (χ3v) is 4.48. The van der Waals surface area contributed by atoms with Crippen molar-refractivity contribution in [3.8, 4) is 0 Å². The van der Waals surface area contributed by atoms with Gasteiger partial charge in [-0.15, -0.1) is 0 Å². The molecule has 0 spiro atoms. The third kappa shape index (κ3) is 1.47. The van der Waals surface area contributed by atoms with Gasteiger partial charge in [0.1, 0.15) is 0 Å². The van der Waals surface area contributed by atoms with Crippen molar-refractivity contribution >= 4 is 19.9 Å². The van der Waals surface area contributed by atoms with Gasteiger partial charge < -0.3 is 0 Å². The Bertz CT molecular complexity index is 269. The van der Waals surface area contributed by atoms with Crippen molar-refractivity contribution < 1.29 is 8.42 Å². The summed E-state index contributed by atoms with van der Waals surface area (Å²) in [6, 6.07) is 0.192. The van der Waals surface area contributed by atoms with E-state index in [-0.39, 0.29) is 6.04 Å². The first kappa shape index (κ1) is 8.78. The minimum Gasteiger partial charge on any atom is -0.195 e. The first-order valence-electron chi connectivity index (χ1n) is 4.29. The molecule has 0 aromatic rings. The van der Waals surface area contributed by atoms with Gasteiger partial charge in [-0.2, -0.15) is 12.7 Å². The number of hydrogen-bond donors (Lipinski definition) is 0. The zero-order valence-electron chi connectivity index (χ0n) is 6.74. The smallest absolute Gasteiger partial charge is 0.195 e. The largest absolute Gasteiger partial charge is 0.300 e. The summed E-state index contributed by atoms with van der Waals surface area (Å²) in [6.07, 6.45) is 4.34. The van der Waals surface area contributed by atoms with Crippen molar-refractivity contribution in [3.05, 3.63) is 0 Å². The van der Waals surface area contributed by atoms with Gasteiger partial charge in [-0.1, -0.05) is 0 Å². The van der Waals surface area contributed by atoms with Gasteiger partial charge in [-0.05, 0) is 31.6 Å². The maximum atomic E-state index is 11.1. The lowest BCUT2D eigenvalue weighted by Crippen LogP contribution is -2.49. The van der Waals surface area contributed by atoms with E-state index < -0.39 is 9.24 Å². The van der Waals surface area contributed by atoms with Gasteiger partial charge in [-0.3, -0.25) is 0 Å². The highest BCUT2D eigenvalue weighted by Gasteiger charge is 2.39. The summed E-state index contributed by atoms with van der Waals surface area (Å²) in [7, 11) is 1.85. The summed E-state index contributed by atoms with van der Waals surface area (Å²) in [5.74, 6) is 0.559. The van der Waals surface area contributed by atoms with Crippen molar-refractivity contribution in [1.29, 1.82) is 0 Å². The van der Waals surface area contributed by atoms with Crippen molar-refractivity contribution in [2.24, 2.45) is 5.92 Å². The molecule has 0 atom stereocenters. The van der Waals surface area contributed by atoms with E-state index in [0.29, 0.717) is 12.5 Å². The fourth-order valence-electron chi connectivity index (χ4n) is 2.29. The lowest BCUT2D eigenvalue weighted by atomic mass is 9.82. The second kappa shape index (κ2) is 2.86. The Kier molecular flexibility index (Phi) is 2.09. The molecule has 2 bridgehead atoms. The van der Waals surface area contributed by atoms with Crippen LogP contribution < -0.4 is 0 Å². The van der Waals surface area contributed by atoms with Gasteiger partial charge in [0.05, 0.1) is 0 Å². The topological polar surface area (TPSA) is 37.4 Å². The molecular formula is C7H12ClNO2S. The molecule has 2 saturated heterocycles. The average molecular weight is 210 g/mol. The fraction of sp³-hybridized carbons (Fsp3) is 1.00. The summed E-state index contributed by atoms with van der Waals surface area (Å²) < 4.78 is 23.6. The molecule has 1 saturated carbocycles. The third-order valence-electron chi connectivity index (χ3n) is 2.94.